The number of amides is 1. The van der Waals surface area contributed by atoms with Crippen LogP contribution in [0, 0.1) is 10.1 Å². The maximum Gasteiger partial charge on any atom is 0.295 e. The second-order valence-corrected chi connectivity index (χ2v) is 7.04. The predicted octanol–water partition coefficient (Wildman–Crippen LogP) is 1.99. The third-order valence-corrected chi connectivity index (χ3v) is 5.03. The van der Waals surface area contributed by atoms with Crippen molar-refractivity contribution in [3.8, 4) is 0 Å². The first-order chi connectivity index (χ1) is 15.0. The van der Waals surface area contributed by atoms with Gasteiger partial charge in [-0.1, -0.05) is 42.5 Å². The van der Waals surface area contributed by atoms with Crippen molar-refractivity contribution in [2.75, 3.05) is 26.2 Å². The van der Waals surface area contributed by atoms with Crippen molar-refractivity contribution in [2.24, 2.45) is 0 Å². The van der Waals surface area contributed by atoms with Crippen LogP contribution in [0.5, 0.6) is 0 Å². The van der Waals surface area contributed by atoms with E-state index >= 15 is 0 Å². The van der Waals surface area contributed by atoms with E-state index in [1.807, 2.05) is 0 Å². The van der Waals surface area contributed by atoms with E-state index in [4.69, 9.17) is 5.11 Å². The summed E-state index contributed by atoms with van der Waals surface area (Å²) in [4.78, 5) is 37.7. The van der Waals surface area contributed by atoms with E-state index in [9.17, 15) is 24.8 Å². The Bertz CT molecular complexity index is 1010. The fraction of sp³-hybridized carbons (Fsp3) is 0.273. The molecule has 2 aromatic rings. The zero-order valence-electron chi connectivity index (χ0n) is 16.7. The molecule has 0 spiro atoms. The van der Waals surface area contributed by atoms with E-state index in [0.29, 0.717) is 30.6 Å². The summed E-state index contributed by atoms with van der Waals surface area (Å²) in [7, 11) is 0. The van der Waals surface area contributed by atoms with Crippen LogP contribution in [-0.2, 0) is 9.59 Å². The number of non-ortho nitro benzene ring substituents is 1. The fourth-order valence-electron chi connectivity index (χ4n) is 3.60. The molecule has 0 unspecified atom stereocenters. The van der Waals surface area contributed by atoms with Gasteiger partial charge in [0, 0.05) is 30.8 Å². The van der Waals surface area contributed by atoms with E-state index in [1.54, 1.807) is 36.4 Å². The van der Waals surface area contributed by atoms with Gasteiger partial charge in [-0.25, -0.2) is 0 Å². The normalized spacial score (nSPS) is 17.8. The Morgan fingerprint density at radius 1 is 1.10 bits per heavy atom. The van der Waals surface area contributed by atoms with Gasteiger partial charge >= 0.3 is 0 Å². The van der Waals surface area contributed by atoms with Crippen molar-refractivity contribution < 1.29 is 24.7 Å². The number of rotatable bonds is 9. The number of hydrogen-bond donors (Lipinski definition) is 3. The van der Waals surface area contributed by atoms with Crippen molar-refractivity contribution in [3.05, 3.63) is 81.4 Å². The molecule has 1 aliphatic heterocycles. The van der Waals surface area contributed by atoms with Crippen LogP contribution in [0.25, 0.3) is 5.76 Å². The lowest BCUT2D eigenvalue weighted by atomic mass is 9.95. The number of nitrogens with one attached hydrogen (secondary N) is 1. The van der Waals surface area contributed by atoms with Crippen LogP contribution in [0.1, 0.15) is 23.6 Å². The second-order valence-electron chi connectivity index (χ2n) is 7.04. The highest BCUT2D eigenvalue weighted by Crippen LogP contribution is 2.40. The molecule has 2 aromatic carbocycles. The number of aliphatic hydroxyl groups excluding tert-OH is 2. The first kappa shape index (κ1) is 22.1. The molecule has 1 aliphatic rings. The number of nitro benzene ring substituents is 1. The molecule has 1 fully saturated rings. The van der Waals surface area contributed by atoms with Crippen molar-refractivity contribution in [1.82, 2.24) is 10.2 Å². The number of carbonyl (C=O) groups is 2. The fourth-order valence-corrected chi connectivity index (χ4v) is 3.60. The average molecular weight is 425 g/mol. The lowest BCUT2D eigenvalue weighted by Gasteiger charge is -2.25. The number of nitrogens with zero attached hydrogens (tertiary/aromatic N) is 2. The molecule has 0 saturated carbocycles. The van der Waals surface area contributed by atoms with E-state index in [0.717, 1.165) is 0 Å². The molecule has 1 atom stereocenters. The van der Waals surface area contributed by atoms with Crippen molar-refractivity contribution in [1.29, 1.82) is 0 Å². The van der Waals surface area contributed by atoms with Gasteiger partial charge in [-0.15, -0.1) is 0 Å². The van der Waals surface area contributed by atoms with Crippen molar-refractivity contribution in [2.45, 2.75) is 12.5 Å². The number of carbonyl (C=O) groups excluding carboxylic acids is 2. The number of benzene rings is 2. The number of hydrogen-bond acceptors (Lipinski definition) is 7. The lowest BCUT2D eigenvalue weighted by molar-refractivity contribution is -0.384. The third-order valence-electron chi connectivity index (χ3n) is 5.03. The SMILES string of the molecule is O=C1C(=O)N(CCCNCCO)[C@@H](c2cccc([N+](=O)[O-])c2)C1=C(O)c1ccccc1. The maximum absolute atomic E-state index is 12.9. The molecule has 3 N–H and O–H groups in total. The monoisotopic (exact) mass is 425 g/mol. The Hall–Kier alpha value is -3.56. The molecule has 0 aromatic heterocycles. The van der Waals surface area contributed by atoms with Crippen LogP contribution < -0.4 is 5.32 Å². The summed E-state index contributed by atoms with van der Waals surface area (Å²) in [6.07, 6.45) is 0.490. The molecule has 0 radical (unpaired) electrons. The summed E-state index contributed by atoms with van der Waals surface area (Å²) in [5, 5.41) is 34.0. The molecule has 3 rings (SSSR count). The number of likely N-dealkylation sites (tertiary alicyclic amines) is 1. The third kappa shape index (κ3) is 4.79. The Labute approximate surface area is 178 Å². The van der Waals surface area contributed by atoms with Gasteiger partial charge in [0.15, 0.2) is 0 Å². The number of Topliss-reactive ketones (excluding diaryl/α,β-unsaturated/α-hetero) is 1. The van der Waals surface area contributed by atoms with Crippen LogP contribution in [0.4, 0.5) is 5.69 Å². The Morgan fingerprint density at radius 3 is 2.52 bits per heavy atom. The Morgan fingerprint density at radius 2 is 1.84 bits per heavy atom. The zero-order chi connectivity index (χ0) is 22.4. The summed E-state index contributed by atoms with van der Waals surface area (Å²) in [6.45, 7) is 1.09. The molecule has 9 nitrogen and oxygen atoms in total. The molecule has 9 heteroatoms. The van der Waals surface area contributed by atoms with Gasteiger partial charge in [-0.2, -0.15) is 0 Å². The molecule has 1 heterocycles. The summed E-state index contributed by atoms with van der Waals surface area (Å²) < 4.78 is 0. The van der Waals surface area contributed by atoms with Gasteiger partial charge in [0.25, 0.3) is 17.4 Å². The molecule has 31 heavy (non-hydrogen) atoms. The van der Waals surface area contributed by atoms with Crippen LogP contribution in [0.15, 0.2) is 60.2 Å². The maximum atomic E-state index is 12.9. The average Bonchev–Trinajstić information content (AvgIpc) is 3.04. The van der Waals surface area contributed by atoms with Gasteiger partial charge in [0.1, 0.15) is 5.76 Å². The molecule has 1 saturated heterocycles. The smallest absolute Gasteiger partial charge is 0.295 e. The van der Waals surface area contributed by atoms with Crippen LogP contribution in [0.2, 0.25) is 0 Å². The quantitative estimate of drug-likeness (QED) is 0.140. The van der Waals surface area contributed by atoms with E-state index in [-0.39, 0.29) is 30.2 Å². The van der Waals surface area contributed by atoms with Gasteiger partial charge in [0.2, 0.25) is 0 Å². The Kier molecular flexibility index (Phi) is 7.11. The summed E-state index contributed by atoms with van der Waals surface area (Å²) in [6, 6.07) is 13.2. The highest BCUT2D eigenvalue weighted by atomic mass is 16.6. The molecule has 0 bridgehead atoms. The van der Waals surface area contributed by atoms with Crippen LogP contribution >= 0.6 is 0 Å². The second kappa shape index (κ2) is 9.96. The van der Waals surface area contributed by atoms with Crippen molar-refractivity contribution >= 4 is 23.1 Å². The molecule has 0 aliphatic carbocycles. The van der Waals surface area contributed by atoms with E-state index in [2.05, 4.69) is 5.32 Å². The summed E-state index contributed by atoms with van der Waals surface area (Å²) in [5.41, 5.74) is 0.474. The number of ketones is 1. The number of nitro groups is 1. The number of aliphatic hydroxyl groups is 2. The molecular formula is C22H23N3O6. The first-order valence-electron chi connectivity index (χ1n) is 9.85. The standard InChI is InChI=1S/C22H23N3O6/c26-13-11-23-10-5-12-24-19(16-8-4-9-17(14-16)25(30)31)18(21(28)22(24)29)20(27)15-6-2-1-3-7-15/h1-4,6-9,14,19,23,26-27H,5,10-13H2/t19-/m0/s1. The van der Waals surface area contributed by atoms with Gasteiger partial charge in [0.05, 0.1) is 23.1 Å². The van der Waals surface area contributed by atoms with Gasteiger partial charge in [-0.3, -0.25) is 19.7 Å². The van der Waals surface area contributed by atoms with E-state index < -0.39 is 22.7 Å². The first-order valence-corrected chi connectivity index (χ1v) is 9.85. The topological polar surface area (TPSA) is 133 Å². The lowest BCUT2D eigenvalue weighted by Crippen LogP contribution is -2.32. The molecule has 162 valence electrons. The minimum atomic E-state index is -0.946. The predicted molar refractivity (Wildman–Crippen MR) is 113 cm³/mol. The minimum Gasteiger partial charge on any atom is -0.507 e. The highest BCUT2D eigenvalue weighted by molar-refractivity contribution is 6.46. The summed E-state index contributed by atoms with van der Waals surface area (Å²) >= 11 is 0. The summed E-state index contributed by atoms with van der Waals surface area (Å²) in [5.74, 6) is -1.92. The Balaban J connectivity index is 2.04. The van der Waals surface area contributed by atoms with Crippen molar-refractivity contribution in [3.63, 3.8) is 0 Å². The molecular weight excluding hydrogens is 402 g/mol. The van der Waals surface area contributed by atoms with Gasteiger partial charge < -0.3 is 20.4 Å². The molecule has 1 amide bonds. The van der Waals surface area contributed by atoms with E-state index in [1.165, 1.54) is 23.1 Å². The zero-order valence-corrected chi connectivity index (χ0v) is 16.7. The van der Waals surface area contributed by atoms with Crippen LogP contribution in [-0.4, -0.2) is 58.0 Å². The minimum absolute atomic E-state index is 0.0186. The largest absolute Gasteiger partial charge is 0.507 e. The highest BCUT2D eigenvalue weighted by Gasteiger charge is 2.46. The van der Waals surface area contributed by atoms with Gasteiger partial charge in [-0.05, 0) is 18.5 Å². The van der Waals surface area contributed by atoms with Crippen LogP contribution in [0.3, 0.4) is 0 Å².